The first kappa shape index (κ1) is 20.3. The number of hydrogen-bond acceptors (Lipinski definition) is 4. The van der Waals surface area contributed by atoms with Crippen molar-refractivity contribution in [1.29, 1.82) is 0 Å². The minimum absolute atomic E-state index is 0. The lowest BCUT2D eigenvalue weighted by atomic mass is 10.1. The van der Waals surface area contributed by atoms with E-state index in [-0.39, 0.29) is 18.3 Å². The van der Waals surface area contributed by atoms with Crippen LogP contribution in [0.25, 0.3) is 0 Å². The maximum absolute atomic E-state index is 12.2. The minimum atomic E-state index is -0.104. The number of rotatable bonds is 7. The summed E-state index contributed by atoms with van der Waals surface area (Å²) < 4.78 is 7.14. The maximum Gasteiger partial charge on any atom is 0.271 e. The van der Waals surface area contributed by atoms with Gasteiger partial charge in [-0.15, -0.1) is 12.4 Å². The van der Waals surface area contributed by atoms with Gasteiger partial charge in [0.25, 0.3) is 5.91 Å². The van der Waals surface area contributed by atoms with E-state index in [4.69, 9.17) is 4.74 Å². The van der Waals surface area contributed by atoms with E-state index in [1.807, 2.05) is 29.1 Å². The van der Waals surface area contributed by atoms with E-state index in [0.29, 0.717) is 18.3 Å². The Hall–Kier alpha value is -2.05. The number of ether oxygens (including phenoxy) is 1. The van der Waals surface area contributed by atoms with E-state index in [1.54, 1.807) is 13.2 Å². The van der Waals surface area contributed by atoms with Crippen LogP contribution < -0.4 is 15.4 Å². The summed E-state index contributed by atoms with van der Waals surface area (Å²) in [5.41, 5.74) is 1.70. The molecule has 1 aromatic heterocycles. The summed E-state index contributed by atoms with van der Waals surface area (Å²) in [5.74, 6) is 0.762. The van der Waals surface area contributed by atoms with Crippen molar-refractivity contribution in [1.82, 2.24) is 20.4 Å². The van der Waals surface area contributed by atoms with Crippen LogP contribution in [-0.4, -0.2) is 42.4 Å². The highest BCUT2D eigenvalue weighted by atomic mass is 35.5. The van der Waals surface area contributed by atoms with Crippen molar-refractivity contribution < 1.29 is 9.53 Å². The van der Waals surface area contributed by atoms with Crippen LogP contribution in [0, 0.1) is 0 Å². The number of aryl methyl sites for hydroxylation is 1. The van der Waals surface area contributed by atoms with Crippen LogP contribution in [0.4, 0.5) is 0 Å². The molecular weight excluding hydrogens is 352 g/mol. The molecule has 1 saturated heterocycles. The summed E-state index contributed by atoms with van der Waals surface area (Å²) in [6.07, 6.45) is 5.95. The molecule has 0 saturated carbocycles. The minimum Gasteiger partial charge on any atom is -0.497 e. The zero-order chi connectivity index (χ0) is 17.5. The van der Waals surface area contributed by atoms with E-state index in [1.165, 1.54) is 5.56 Å². The van der Waals surface area contributed by atoms with Crippen LogP contribution in [0.5, 0.6) is 5.75 Å². The zero-order valence-electron chi connectivity index (χ0n) is 15.1. The number of benzene rings is 1. The Bertz CT molecular complexity index is 698. The highest BCUT2D eigenvalue weighted by molar-refractivity contribution is 5.92. The molecule has 0 radical (unpaired) electrons. The molecule has 3 rings (SSSR count). The van der Waals surface area contributed by atoms with E-state index in [2.05, 4.69) is 21.8 Å². The van der Waals surface area contributed by atoms with Crippen LogP contribution in [0.15, 0.2) is 36.5 Å². The van der Waals surface area contributed by atoms with Gasteiger partial charge in [-0.2, -0.15) is 5.10 Å². The molecule has 1 aliphatic heterocycles. The summed E-state index contributed by atoms with van der Waals surface area (Å²) in [4.78, 5) is 12.2. The SMILES string of the molecule is COc1cccc(CCCNC(=O)c2ccn(C3CCCNC3)n2)c1.Cl. The number of piperidine rings is 1. The van der Waals surface area contributed by atoms with Crippen molar-refractivity contribution in [2.75, 3.05) is 26.7 Å². The summed E-state index contributed by atoms with van der Waals surface area (Å²) >= 11 is 0. The Morgan fingerprint density at radius 2 is 2.31 bits per heavy atom. The summed E-state index contributed by atoms with van der Waals surface area (Å²) in [6, 6.07) is 10.2. The smallest absolute Gasteiger partial charge is 0.271 e. The van der Waals surface area contributed by atoms with Gasteiger partial charge in [0.2, 0.25) is 0 Å². The van der Waals surface area contributed by atoms with Crippen LogP contribution >= 0.6 is 12.4 Å². The second-order valence-corrected chi connectivity index (χ2v) is 6.39. The lowest BCUT2D eigenvalue weighted by Gasteiger charge is -2.22. The van der Waals surface area contributed by atoms with Gasteiger partial charge in [0.05, 0.1) is 13.2 Å². The highest BCUT2D eigenvalue weighted by Gasteiger charge is 2.17. The van der Waals surface area contributed by atoms with Crippen LogP contribution in [0.1, 0.15) is 41.4 Å². The number of nitrogens with zero attached hydrogens (tertiary/aromatic N) is 2. The molecule has 0 spiro atoms. The number of halogens is 1. The second kappa shape index (κ2) is 10.2. The number of aromatic nitrogens is 2. The molecule has 1 aromatic carbocycles. The first-order valence-electron chi connectivity index (χ1n) is 8.93. The topological polar surface area (TPSA) is 68.2 Å². The number of carbonyl (C=O) groups excluding carboxylic acids is 1. The quantitative estimate of drug-likeness (QED) is 0.727. The fourth-order valence-corrected chi connectivity index (χ4v) is 3.13. The van der Waals surface area contributed by atoms with E-state index in [0.717, 1.165) is 44.5 Å². The van der Waals surface area contributed by atoms with E-state index >= 15 is 0 Å². The molecule has 7 heteroatoms. The molecule has 1 fully saturated rings. The monoisotopic (exact) mass is 378 g/mol. The van der Waals surface area contributed by atoms with Crippen molar-refractivity contribution in [3.8, 4) is 5.75 Å². The van der Waals surface area contributed by atoms with Crippen LogP contribution in [0.2, 0.25) is 0 Å². The van der Waals surface area contributed by atoms with Crippen molar-refractivity contribution in [2.24, 2.45) is 0 Å². The lowest BCUT2D eigenvalue weighted by Crippen LogP contribution is -2.32. The second-order valence-electron chi connectivity index (χ2n) is 6.39. The third-order valence-electron chi connectivity index (χ3n) is 4.55. The average Bonchev–Trinajstić information content (AvgIpc) is 3.16. The van der Waals surface area contributed by atoms with E-state index in [9.17, 15) is 4.79 Å². The Morgan fingerprint density at radius 1 is 1.42 bits per heavy atom. The fraction of sp³-hybridized carbons (Fsp3) is 0.474. The molecule has 142 valence electrons. The third kappa shape index (κ3) is 5.47. The van der Waals surface area contributed by atoms with Gasteiger partial charge in [0.15, 0.2) is 0 Å². The Kier molecular flexibility index (Phi) is 7.94. The third-order valence-corrected chi connectivity index (χ3v) is 4.55. The van der Waals surface area contributed by atoms with Gasteiger partial charge in [-0.1, -0.05) is 12.1 Å². The average molecular weight is 379 g/mol. The zero-order valence-corrected chi connectivity index (χ0v) is 15.9. The number of amides is 1. The molecule has 1 atom stereocenters. The lowest BCUT2D eigenvalue weighted by molar-refractivity contribution is 0.0947. The van der Waals surface area contributed by atoms with Gasteiger partial charge in [0.1, 0.15) is 11.4 Å². The molecule has 2 N–H and O–H groups in total. The van der Waals surface area contributed by atoms with Gasteiger partial charge in [-0.3, -0.25) is 9.48 Å². The molecule has 26 heavy (non-hydrogen) atoms. The van der Waals surface area contributed by atoms with Gasteiger partial charge in [-0.05, 0) is 56.0 Å². The van der Waals surface area contributed by atoms with Crippen molar-refractivity contribution in [3.63, 3.8) is 0 Å². The van der Waals surface area contributed by atoms with Crippen LogP contribution in [-0.2, 0) is 6.42 Å². The summed E-state index contributed by atoms with van der Waals surface area (Å²) in [7, 11) is 1.67. The van der Waals surface area contributed by atoms with Gasteiger partial charge < -0.3 is 15.4 Å². The molecule has 1 aliphatic rings. The van der Waals surface area contributed by atoms with Crippen molar-refractivity contribution in [3.05, 3.63) is 47.8 Å². The van der Waals surface area contributed by atoms with Crippen molar-refractivity contribution in [2.45, 2.75) is 31.7 Å². The molecule has 1 unspecified atom stereocenters. The Morgan fingerprint density at radius 3 is 3.08 bits per heavy atom. The standard InChI is InChI=1S/C19H26N4O2.ClH/c1-25-17-8-2-5-15(13-17)6-3-11-21-19(24)18-9-12-23(22-18)16-7-4-10-20-14-16;/h2,5,8-9,12-13,16,20H,3-4,6-7,10-11,14H2,1H3,(H,21,24);1H. The van der Waals surface area contributed by atoms with Gasteiger partial charge in [-0.25, -0.2) is 0 Å². The predicted octanol–water partition coefficient (Wildman–Crippen LogP) is 2.60. The predicted molar refractivity (Wildman–Crippen MR) is 104 cm³/mol. The van der Waals surface area contributed by atoms with E-state index < -0.39 is 0 Å². The molecule has 0 aliphatic carbocycles. The summed E-state index contributed by atoms with van der Waals surface area (Å²) in [6.45, 7) is 2.62. The molecule has 0 bridgehead atoms. The molecule has 2 aromatic rings. The maximum atomic E-state index is 12.2. The molecule has 1 amide bonds. The number of methoxy groups -OCH3 is 1. The number of carbonyl (C=O) groups is 1. The van der Waals surface area contributed by atoms with Crippen LogP contribution in [0.3, 0.4) is 0 Å². The van der Waals surface area contributed by atoms with Gasteiger partial charge in [0, 0.05) is 19.3 Å². The fourth-order valence-electron chi connectivity index (χ4n) is 3.13. The van der Waals surface area contributed by atoms with Gasteiger partial charge >= 0.3 is 0 Å². The largest absolute Gasteiger partial charge is 0.497 e. The molecule has 2 heterocycles. The Labute approximate surface area is 160 Å². The summed E-state index contributed by atoms with van der Waals surface area (Å²) in [5, 5.41) is 10.8. The highest BCUT2D eigenvalue weighted by Crippen LogP contribution is 2.16. The normalized spacial score (nSPS) is 16.6. The number of nitrogens with one attached hydrogen (secondary N) is 2. The van der Waals surface area contributed by atoms with Crippen molar-refractivity contribution >= 4 is 18.3 Å². The molecular formula is C19H27ClN4O2. The first-order valence-corrected chi connectivity index (χ1v) is 8.93. The molecule has 6 nitrogen and oxygen atoms in total. The number of hydrogen-bond donors (Lipinski definition) is 2. The Balaban J connectivity index is 0.00000243. The first-order chi connectivity index (χ1) is 12.3.